The third-order valence-electron chi connectivity index (χ3n) is 4.71. The molecule has 1 unspecified atom stereocenters. The number of nitrogens with zero attached hydrogens (tertiary/aromatic N) is 3. The van der Waals surface area contributed by atoms with E-state index < -0.39 is 23.6 Å². The number of thioether (sulfide) groups is 1. The molecule has 3 aromatic carbocycles. The van der Waals surface area contributed by atoms with Gasteiger partial charge in [-0.05, 0) is 43.3 Å². The van der Waals surface area contributed by atoms with E-state index in [0.717, 1.165) is 35.6 Å². The normalized spacial score (nSPS) is 11.8. The minimum absolute atomic E-state index is 0.0966. The summed E-state index contributed by atoms with van der Waals surface area (Å²) in [4.78, 5) is 12.4. The van der Waals surface area contributed by atoms with Gasteiger partial charge in [-0.1, -0.05) is 53.7 Å². The third kappa shape index (κ3) is 5.55. The first kappa shape index (κ1) is 23.7. The van der Waals surface area contributed by atoms with Gasteiger partial charge in [-0.25, -0.2) is 8.78 Å². The molecule has 6 nitrogen and oxygen atoms in total. The second-order valence-electron chi connectivity index (χ2n) is 7.16. The molecule has 0 spiro atoms. The van der Waals surface area contributed by atoms with E-state index in [1.165, 1.54) is 0 Å². The van der Waals surface area contributed by atoms with E-state index in [1.54, 1.807) is 16.7 Å². The van der Waals surface area contributed by atoms with Crippen molar-refractivity contribution in [2.45, 2.75) is 18.2 Å². The van der Waals surface area contributed by atoms with Crippen LogP contribution in [-0.2, 0) is 4.79 Å². The monoisotopic (exact) mass is 500 g/mol. The van der Waals surface area contributed by atoms with Crippen LogP contribution in [0, 0.1) is 11.6 Å². The second kappa shape index (κ2) is 10.7. The van der Waals surface area contributed by atoms with Gasteiger partial charge in [0.2, 0.25) is 5.91 Å². The van der Waals surface area contributed by atoms with Crippen molar-refractivity contribution in [3.05, 3.63) is 95.3 Å². The summed E-state index contributed by atoms with van der Waals surface area (Å²) in [7, 11) is 0. The average Bonchev–Trinajstić information content (AvgIpc) is 3.26. The van der Waals surface area contributed by atoms with Gasteiger partial charge in [-0.15, -0.1) is 10.2 Å². The summed E-state index contributed by atoms with van der Waals surface area (Å²) in [6.07, 6.45) is -0.517. The number of ether oxygens (including phenoxy) is 1. The largest absolute Gasteiger partial charge is 0.481 e. The van der Waals surface area contributed by atoms with E-state index in [1.807, 2.05) is 49.4 Å². The van der Waals surface area contributed by atoms with E-state index >= 15 is 0 Å². The molecule has 1 aromatic heterocycles. The summed E-state index contributed by atoms with van der Waals surface area (Å²) < 4.78 is 35.0. The summed E-state index contributed by atoms with van der Waals surface area (Å²) >= 11 is 7.33. The number of hydrogen-bond acceptors (Lipinski definition) is 5. The van der Waals surface area contributed by atoms with E-state index in [0.29, 0.717) is 21.8 Å². The molecule has 1 heterocycles. The maximum Gasteiger partial charge on any atom is 0.234 e. The molecule has 0 saturated carbocycles. The molecular formula is C24H19ClF2N4O2S. The Morgan fingerprint density at radius 1 is 1.09 bits per heavy atom. The number of nitrogens with one attached hydrogen (secondary N) is 1. The molecule has 34 heavy (non-hydrogen) atoms. The number of benzene rings is 3. The molecule has 0 fully saturated rings. The lowest BCUT2D eigenvalue weighted by atomic mass is 10.3. The molecule has 0 aliphatic carbocycles. The number of rotatable bonds is 8. The zero-order valence-electron chi connectivity index (χ0n) is 17.9. The van der Waals surface area contributed by atoms with Gasteiger partial charge in [0.05, 0.1) is 16.5 Å². The molecule has 0 radical (unpaired) electrons. The maximum absolute atomic E-state index is 13.8. The first-order valence-electron chi connectivity index (χ1n) is 10.2. The van der Waals surface area contributed by atoms with Gasteiger partial charge in [0.15, 0.2) is 17.1 Å². The lowest BCUT2D eigenvalue weighted by Gasteiger charge is -2.17. The number of halogens is 3. The Hall–Kier alpha value is -3.43. The highest BCUT2D eigenvalue weighted by atomic mass is 35.5. The van der Waals surface area contributed by atoms with E-state index in [4.69, 9.17) is 16.3 Å². The first-order valence-corrected chi connectivity index (χ1v) is 11.6. The van der Waals surface area contributed by atoms with Crippen molar-refractivity contribution in [3.8, 4) is 11.4 Å². The topological polar surface area (TPSA) is 69.0 Å². The van der Waals surface area contributed by atoms with Crippen LogP contribution < -0.4 is 10.1 Å². The number of anilines is 1. The first-order chi connectivity index (χ1) is 16.4. The van der Waals surface area contributed by atoms with Crippen molar-refractivity contribution in [2.24, 2.45) is 0 Å². The van der Waals surface area contributed by atoms with Crippen molar-refractivity contribution in [1.29, 1.82) is 0 Å². The molecule has 1 amide bonds. The van der Waals surface area contributed by atoms with Crippen LogP contribution in [0.5, 0.6) is 5.75 Å². The quantitative estimate of drug-likeness (QED) is 0.297. The zero-order valence-corrected chi connectivity index (χ0v) is 19.5. The highest BCUT2D eigenvalue weighted by Crippen LogP contribution is 2.31. The smallest absolute Gasteiger partial charge is 0.234 e. The maximum atomic E-state index is 13.8. The fourth-order valence-electron chi connectivity index (χ4n) is 3.15. The van der Waals surface area contributed by atoms with Gasteiger partial charge in [-0.3, -0.25) is 9.36 Å². The van der Waals surface area contributed by atoms with Crippen LogP contribution in [0.15, 0.2) is 78.0 Å². The fourth-order valence-corrected chi connectivity index (χ4v) is 4.09. The molecule has 1 N–H and O–H groups in total. The summed E-state index contributed by atoms with van der Waals surface area (Å²) in [5, 5.41) is 11.8. The van der Waals surface area contributed by atoms with Crippen LogP contribution in [0.2, 0.25) is 5.02 Å². The molecular weight excluding hydrogens is 482 g/mol. The second-order valence-corrected chi connectivity index (χ2v) is 8.51. The van der Waals surface area contributed by atoms with Gasteiger partial charge in [0.1, 0.15) is 17.4 Å². The summed E-state index contributed by atoms with van der Waals surface area (Å²) in [6, 6.07) is 19.3. The number of carbonyl (C=O) groups excluding carboxylic acids is 1. The molecule has 4 aromatic rings. The number of hydrogen-bond donors (Lipinski definition) is 1. The van der Waals surface area contributed by atoms with Crippen molar-refractivity contribution >= 4 is 35.0 Å². The summed E-state index contributed by atoms with van der Waals surface area (Å²) in [5.41, 5.74) is 0.550. The minimum atomic E-state index is -0.722. The van der Waals surface area contributed by atoms with Gasteiger partial charge >= 0.3 is 0 Å². The van der Waals surface area contributed by atoms with Gasteiger partial charge in [-0.2, -0.15) is 0 Å². The minimum Gasteiger partial charge on any atom is -0.481 e. The van der Waals surface area contributed by atoms with E-state index in [9.17, 15) is 13.6 Å². The average molecular weight is 501 g/mol. The standard InChI is InChI=1S/C24H19ClF2N4O2S/c1-15(33-21-10-6-5-9-18(21)25)23-29-30-24(31(23)17-7-3-2-4-8-17)34-14-22(32)28-20-13-16(26)11-12-19(20)27/h2-13,15H,14H2,1H3,(H,28,32). The molecule has 0 aliphatic heterocycles. The molecule has 1 atom stereocenters. The fraction of sp³-hybridized carbons (Fsp3) is 0.125. The van der Waals surface area contributed by atoms with Gasteiger partial charge in [0.25, 0.3) is 0 Å². The number of amides is 1. The molecule has 0 aliphatic rings. The summed E-state index contributed by atoms with van der Waals surface area (Å²) in [5.74, 6) is -0.972. The van der Waals surface area contributed by atoms with Crippen LogP contribution in [0.4, 0.5) is 14.5 Å². The molecule has 10 heteroatoms. The van der Waals surface area contributed by atoms with Crippen molar-refractivity contribution in [3.63, 3.8) is 0 Å². The summed E-state index contributed by atoms with van der Waals surface area (Å²) in [6.45, 7) is 1.82. The Morgan fingerprint density at radius 3 is 2.59 bits per heavy atom. The predicted octanol–water partition coefficient (Wildman–Crippen LogP) is 6.07. The Morgan fingerprint density at radius 2 is 1.82 bits per heavy atom. The number of carbonyl (C=O) groups is 1. The molecule has 0 saturated heterocycles. The van der Waals surface area contributed by atoms with E-state index in [-0.39, 0.29) is 11.4 Å². The van der Waals surface area contributed by atoms with Crippen molar-refractivity contribution in [1.82, 2.24) is 14.8 Å². The predicted molar refractivity (Wildman–Crippen MR) is 128 cm³/mol. The van der Waals surface area contributed by atoms with Crippen molar-refractivity contribution < 1.29 is 18.3 Å². The van der Waals surface area contributed by atoms with Crippen molar-refractivity contribution in [2.75, 3.05) is 11.1 Å². The van der Waals surface area contributed by atoms with Crippen LogP contribution >= 0.6 is 23.4 Å². The lowest BCUT2D eigenvalue weighted by molar-refractivity contribution is -0.113. The highest BCUT2D eigenvalue weighted by molar-refractivity contribution is 7.99. The van der Waals surface area contributed by atoms with E-state index in [2.05, 4.69) is 15.5 Å². The van der Waals surface area contributed by atoms with Crippen LogP contribution in [0.25, 0.3) is 5.69 Å². The van der Waals surface area contributed by atoms with Crippen LogP contribution in [0.1, 0.15) is 18.9 Å². The number of para-hydroxylation sites is 2. The number of aromatic nitrogens is 3. The molecule has 174 valence electrons. The molecule has 4 rings (SSSR count). The zero-order chi connectivity index (χ0) is 24.1. The third-order valence-corrected chi connectivity index (χ3v) is 5.95. The Kier molecular flexibility index (Phi) is 7.44. The Bertz CT molecular complexity index is 1300. The Labute approximate surface area is 203 Å². The van der Waals surface area contributed by atoms with Crippen LogP contribution in [0.3, 0.4) is 0 Å². The SMILES string of the molecule is CC(Oc1ccccc1Cl)c1nnc(SCC(=O)Nc2cc(F)ccc2F)n1-c1ccccc1. The lowest BCUT2D eigenvalue weighted by Crippen LogP contribution is -2.16. The highest BCUT2D eigenvalue weighted by Gasteiger charge is 2.22. The van der Waals surface area contributed by atoms with Gasteiger partial charge in [0, 0.05) is 11.8 Å². The Balaban J connectivity index is 1.55. The van der Waals surface area contributed by atoms with Gasteiger partial charge < -0.3 is 10.1 Å². The molecule has 0 bridgehead atoms. The van der Waals surface area contributed by atoms with Crippen LogP contribution in [-0.4, -0.2) is 26.4 Å².